The van der Waals surface area contributed by atoms with E-state index in [1.54, 1.807) is 0 Å². The van der Waals surface area contributed by atoms with Gasteiger partial charge in [-0.3, -0.25) is 9.69 Å². The Hall–Kier alpha value is -1.18. The predicted molar refractivity (Wildman–Crippen MR) is 91.0 cm³/mol. The number of rotatable bonds is 5. The molecule has 2 rings (SSSR count). The fourth-order valence-corrected chi connectivity index (χ4v) is 3.20. The fraction of sp³-hybridized carbons (Fsp3) is 0.882. The van der Waals surface area contributed by atoms with Crippen molar-refractivity contribution in [2.24, 2.45) is 0 Å². The normalized spacial score (nSPS) is 25.1. The van der Waals surface area contributed by atoms with Crippen molar-refractivity contribution in [2.45, 2.75) is 64.3 Å². The van der Waals surface area contributed by atoms with Crippen LogP contribution in [0.3, 0.4) is 0 Å². The van der Waals surface area contributed by atoms with E-state index >= 15 is 0 Å². The molecular formula is C17H31N3O4. The van der Waals surface area contributed by atoms with Gasteiger partial charge in [-0.1, -0.05) is 0 Å². The Morgan fingerprint density at radius 1 is 1.29 bits per heavy atom. The van der Waals surface area contributed by atoms with Gasteiger partial charge in [0.15, 0.2) is 5.78 Å². The summed E-state index contributed by atoms with van der Waals surface area (Å²) in [6.07, 6.45) is 1.27. The maximum atomic E-state index is 12.9. The first kappa shape index (κ1) is 19.1. The molecule has 7 heteroatoms. The lowest BCUT2D eigenvalue weighted by Crippen LogP contribution is -2.60. The largest absolute Gasteiger partial charge is 0.444 e. The van der Waals surface area contributed by atoms with Crippen molar-refractivity contribution in [1.29, 1.82) is 0 Å². The van der Waals surface area contributed by atoms with Crippen molar-refractivity contribution in [3.8, 4) is 0 Å². The van der Waals surface area contributed by atoms with Crippen molar-refractivity contribution in [3.63, 3.8) is 0 Å². The molecule has 2 heterocycles. The molecule has 2 N–H and O–H groups in total. The van der Waals surface area contributed by atoms with Crippen LogP contribution in [0.2, 0.25) is 0 Å². The Balaban J connectivity index is 2.07. The first-order valence-electron chi connectivity index (χ1n) is 8.86. The van der Waals surface area contributed by atoms with Gasteiger partial charge in [0.1, 0.15) is 11.6 Å². The third-order valence-electron chi connectivity index (χ3n) is 4.49. The molecule has 0 aromatic rings. The Morgan fingerprint density at radius 2 is 1.96 bits per heavy atom. The number of alkyl carbamates (subject to hydrolysis) is 1. The number of amides is 1. The second kappa shape index (κ2) is 8.27. The van der Waals surface area contributed by atoms with Crippen LogP contribution in [-0.2, 0) is 14.3 Å². The molecule has 2 aliphatic heterocycles. The lowest BCUT2D eigenvalue weighted by atomic mass is 9.97. The van der Waals surface area contributed by atoms with Gasteiger partial charge in [-0.25, -0.2) is 4.79 Å². The molecule has 138 valence electrons. The van der Waals surface area contributed by atoms with Gasteiger partial charge in [-0.2, -0.15) is 0 Å². The molecule has 0 radical (unpaired) electrons. The van der Waals surface area contributed by atoms with E-state index < -0.39 is 17.7 Å². The number of hydrogen-bond donors (Lipinski definition) is 2. The summed E-state index contributed by atoms with van der Waals surface area (Å²) in [5.41, 5.74) is -0.592. The lowest BCUT2D eigenvalue weighted by molar-refractivity contribution is -0.125. The smallest absolute Gasteiger partial charge is 0.408 e. The minimum absolute atomic E-state index is 0.0392. The third kappa shape index (κ3) is 5.43. The minimum atomic E-state index is -0.592. The number of carbonyl (C=O) groups excluding carboxylic acids is 2. The monoisotopic (exact) mass is 341 g/mol. The number of nitrogens with one attached hydrogen (secondary N) is 2. The van der Waals surface area contributed by atoms with E-state index in [1.807, 2.05) is 27.7 Å². The maximum Gasteiger partial charge on any atom is 0.408 e. The Labute approximate surface area is 144 Å². The average Bonchev–Trinajstić information content (AvgIpc) is 3.05. The summed E-state index contributed by atoms with van der Waals surface area (Å²) in [5, 5.41) is 6.05. The topological polar surface area (TPSA) is 79.9 Å². The van der Waals surface area contributed by atoms with Crippen molar-refractivity contribution in [1.82, 2.24) is 15.5 Å². The van der Waals surface area contributed by atoms with Gasteiger partial charge in [0.05, 0.1) is 19.3 Å². The van der Waals surface area contributed by atoms with Gasteiger partial charge in [-0.15, -0.1) is 0 Å². The van der Waals surface area contributed by atoms with Crippen LogP contribution in [0.15, 0.2) is 0 Å². The van der Waals surface area contributed by atoms with E-state index in [-0.39, 0.29) is 17.9 Å². The van der Waals surface area contributed by atoms with E-state index in [2.05, 4.69) is 15.5 Å². The molecule has 2 saturated heterocycles. The molecule has 24 heavy (non-hydrogen) atoms. The molecule has 0 saturated carbocycles. The molecule has 1 amide bonds. The summed E-state index contributed by atoms with van der Waals surface area (Å²) in [5.74, 6) is 0.0392. The number of Topliss-reactive ketones (excluding diaryl/α,β-unsaturated/α-hetero) is 1. The van der Waals surface area contributed by atoms with E-state index in [0.717, 1.165) is 32.5 Å². The number of nitrogens with zero attached hydrogens (tertiary/aromatic N) is 1. The van der Waals surface area contributed by atoms with Gasteiger partial charge in [0.25, 0.3) is 0 Å². The van der Waals surface area contributed by atoms with Crippen molar-refractivity contribution in [3.05, 3.63) is 0 Å². The summed E-state index contributed by atoms with van der Waals surface area (Å²) >= 11 is 0. The summed E-state index contributed by atoms with van der Waals surface area (Å²) in [6.45, 7) is 11.1. The molecule has 0 aromatic heterocycles. The Kier molecular flexibility index (Phi) is 6.60. The molecule has 1 unspecified atom stereocenters. The van der Waals surface area contributed by atoms with E-state index in [9.17, 15) is 9.59 Å². The van der Waals surface area contributed by atoms with E-state index in [4.69, 9.17) is 9.47 Å². The second-order valence-electron chi connectivity index (χ2n) is 7.56. The van der Waals surface area contributed by atoms with Crippen LogP contribution in [0.4, 0.5) is 4.79 Å². The van der Waals surface area contributed by atoms with Crippen LogP contribution in [0.1, 0.15) is 40.5 Å². The van der Waals surface area contributed by atoms with E-state index in [1.165, 1.54) is 0 Å². The van der Waals surface area contributed by atoms with Crippen molar-refractivity contribution >= 4 is 11.9 Å². The molecule has 3 atom stereocenters. The first-order chi connectivity index (χ1) is 11.3. The summed E-state index contributed by atoms with van der Waals surface area (Å²) < 4.78 is 10.7. The van der Waals surface area contributed by atoms with Gasteiger partial charge < -0.3 is 20.1 Å². The van der Waals surface area contributed by atoms with Crippen LogP contribution in [0.5, 0.6) is 0 Å². The highest BCUT2D eigenvalue weighted by atomic mass is 16.6. The number of ketones is 1. The zero-order chi connectivity index (χ0) is 17.7. The van der Waals surface area contributed by atoms with Crippen LogP contribution < -0.4 is 10.6 Å². The molecule has 7 nitrogen and oxygen atoms in total. The minimum Gasteiger partial charge on any atom is -0.444 e. The van der Waals surface area contributed by atoms with Gasteiger partial charge >= 0.3 is 6.09 Å². The van der Waals surface area contributed by atoms with Crippen LogP contribution in [0, 0.1) is 0 Å². The molecular weight excluding hydrogens is 310 g/mol. The molecule has 0 bridgehead atoms. The molecule has 0 aromatic carbocycles. The van der Waals surface area contributed by atoms with Crippen LogP contribution in [0.25, 0.3) is 0 Å². The number of carbonyl (C=O) groups is 2. The molecule has 0 spiro atoms. The third-order valence-corrected chi connectivity index (χ3v) is 4.49. The van der Waals surface area contributed by atoms with Crippen LogP contribution >= 0.6 is 0 Å². The molecule has 2 aliphatic rings. The zero-order valence-electron chi connectivity index (χ0n) is 15.3. The molecule has 2 fully saturated rings. The highest BCUT2D eigenvalue weighted by Crippen LogP contribution is 2.15. The summed E-state index contributed by atoms with van der Waals surface area (Å²) in [4.78, 5) is 27.4. The number of hydrogen-bond acceptors (Lipinski definition) is 6. The molecule has 0 aliphatic carbocycles. The van der Waals surface area contributed by atoms with Crippen molar-refractivity contribution < 1.29 is 19.1 Å². The SMILES string of the molecule is C[C@H](C(NC(=O)OC(C)(C)C)C(=O)[C@@H]1CCCN1)N1CCOCC1. The standard InChI is InChI=1S/C17H31N3O4/c1-12(20-8-10-23-11-9-20)14(15(21)13-6-5-7-18-13)19-16(22)24-17(2,3)4/h12-14,18H,5-11H2,1-4H3,(H,19,22)/t12-,13+,14?/m1/s1. The number of ether oxygens (including phenoxy) is 2. The van der Waals surface area contributed by atoms with Gasteiger partial charge in [-0.05, 0) is 47.1 Å². The highest BCUT2D eigenvalue weighted by Gasteiger charge is 2.37. The highest BCUT2D eigenvalue weighted by molar-refractivity contribution is 5.92. The Morgan fingerprint density at radius 3 is 2.50 bits per heavy atom. The number of morpholine rings is 1. The summed E-state index contributed by atoms with van der Waals surface area (Å²) in [6, 6.07) is -0.877. The second-order valence-corrected chi connectivity index (χ2v) is 7.56. The van der Waals surface area contributed by atoms with Crippen LogP contribution in [-0.4, -0.2) is 73.4 Å². The predicted octanol–water partition coefficient (Wildman–Crippen LogP) is 0.922. The van der Waals surface area contributed by atoms with E-state index in [0.29, 0.717) is 13.2 Å². The van der Waals surface area contributed by atoms with Crippen molar-refractivity contribution in [2.75, 3.05) is 32.8 Å². The van der Waals surface area contributed by atoms with Gasteiger partial charge in [0, 0.05) is 19.1 Å². The average molecular weight is 341 g/mol. The maximum absolute atomic E-state index is 12.9. The first-order valence-corrected chi connectivity index (χ1v) is 8.86. The summed E-state index contributed by atoms with van der Waals surface area (Å²) in [7, 11) is 0. The van der Waals surface area contributed by atoms with Gasteiger partial charge in [0.2, 0.25) is 0 Å². The lowest BCUT2D eigenvalue weighted by Gasteiger charge is -2.37. The fourth-order valence-electron chi connectivity index (χ4n) is 3.20. The quantitative estimate of drug-likeness (QED) is 0.774. The Bertz CT molecular complexity index is 438. The zero-order valence-corrected chi connectivity index (χ0v) is 15.3.